The predicted molar refractivity (Wildman–Crippen MR) is 102 cm³/mol. The van der Waals surface area contributed by atoms with Gasteiger partial charge in [0.1, 0.15) is 0 Å². The van der Waals surface area contributed by atoms with E-state index in [4.69, 9.17) is 25.8 Å². The standard InChI is InChI=1S/C19H25ClN2O5/c1-6-26-13-9-11(8-12(20)17(13)25-5)16-14(18(23)27-7-2)15(10(3)4)21-19(24)22-16/h8-10,16H,6-7H2,1-5H3,(H2,21,22,24). The van der Waals surface area contributed by atoms with E-state index in [1.165, 1.54) is 7.11 Å². The van der Waals surface area contributed by atoms with Crippen LogP contribution in [-0.2, 0) is 9.53 Å². The second kappa shape index (κ2) is 8.99. The maximum atomic E-state index is 12.7. The van der Waals surface area contributed by atoms with Crippen LogP contribution in [0.15, 0.2) is 23.4 Å². The molecule has 1 unspecified atom stereocenters. The summed E-state index contributed by atoms with van der Waals surface area (Å²) in [7, 11) is 1.50. The van der Waals surface area contributed by atoms with Gasteiger partial charge in [0.05, 0.1) is 37.0 Å². The Hall–Kier alpha value is -2.41. The van der Waals surface area contributed by atoms with Gasteiger partial charge in [-0.1, -0.05) is 25.4 Å². The fraction of sp³-hybridized carbons (Fsp3) is 0.474. The minimum Gasteiger partial charge on any atom is -0.491 e. The number of ether oxygens (including phenoxy) is 3. The van der Waals surface area contributed by atoms with Gasteiger partial charge in [-0.2, -0.15) is 0 Å². The van der Waals surface area contributed by atoms with Gasteiger partial charge in [-0.25, -0.2) is 9.59 Å². The van der Waals surface area contributed by atoms with Crippen LogP contribution in [0.3, 0.4) is 0 Å². The van der Waals surface area contributed by atoms with E-state index in [1.807, 2.05) is 20.8 Å². The maximum absolute atomic E-state index is 12.7. The summed E-state index contributed by atoms with van der Waals surface area (Å²) in [6.07, 6.45) is 0. The number of esters is 1. The van der Waals surface area contributed by atoms with Crippen molar-refractivity contribution in [3.63, 3.8) is 0 Å². The molecule has 0 aliphatic carbocycles. The topological polar surface area (TPSA) is 85.9 Å². The lowest BCUT2D eigenvalue weighted by atomic mass is 9.91. The second-order valence-corrected chi connectivity index (χ2v) is 6.61. The average molecular weight is 397 g/mol. The molecule has 1 aliphatic rings. The van der Waals surface area contributed by atoms with Crippen molar-refractivity contribution < 1.29 is 23.8 Å². The van der Waals surface area contributed by atoms with Crippen LogP contribution in [0.5, 0.6) is 11.5 Å². The number of benzene rings is 1. The molecular weight excluding hydrogens is 372 g/mol. The predicted octanol–water partition coefficient (Wildman–Crippen LogP) is 3.57. The molecule has 8 heteroatoms. The zero-order valence-corrected chi connectivity index (χ0v) is 16.9. The van der Waals surface area contributed by atoms with Crippen LogP contribution in [0.25, 0.3) is 0 Å². The highest BCUT2D eigenvalue weighted by molar-refractivity contribution is 6.32. The molecule has 1 aliphatic heterocycles. The summed E-state index contributed by atoms with van der Waals surface area (Å²) in [5.74, 6) is 0.250. The average Bonchev–Trinajstić information content (AvgIpc) is 2.61. The van der Waals surface area contributed by atoms with Gasteiger partial charge in [0, 0.05) is 5.70 Å². The summed E-state index contributed by atoms with van der Waals surface area (Å²) in [6, 6.07) is 2.23. The van der Waals surface area contributed by atoms with Gasteiger partial charge in [-0.15, -0.1) is 0 Å². The largest absolute Gasteiger partial charge is 0.491 e. The molecule has 0 spiro atoms. The lowest BCUT2D eigenvalue weighted by Crippen LogP contribution is -2.47. The molecular formula is C19H25ClN2O5. The number of nitrogens with one attached hydrogen (secondary N) is 2. The number of carbonyl (C=O) groups excluding carboxylic acids is 2. The van der Waals surface area contributed by atoms with Crippen molar-refractivity contribution in [3.05, 3.63) is 34.0 Å². The Kier molecular flexibility index (Phi) is 6.96. The van der Waals surface area contributed by atoms with E-state index in [-0.39, 0.29) is 12.5 Å². The van der Waals surface area contributed by atoms with Crippen LogP contribution in [-0.4, -0.2) is 32.3 Å². The summed E-state index contributed by atoms with van der Waals surface area (Å²) < 4.78 is 16.1. The SMILES string of the molecule is CCOC(=O)C1=C(C(C)C)NC(=O)NC1c1cc(Cl)c(OC)c(OCC)c1. The Morgan fingerprint density at radius 2 is 1.96 bits per heavy atom. The van der Waals surface area contributed by atoms with Crippen molar-refractivity contribution in [1.29, 1.82) is 0 Å². The minimum atomic E-state index is -0.724. The van der Waals surface area contributed by atoms with Crippen molar-refractivity contribution in [2.24, 2.45) is 5.92 Å². The summed E-state index contributed by atoms with van der Waals surface area (Å²) >= 11 is 6.35. The van der Waals surface area contributed by atoms with E-state index in [9.17, 15) is 9.59 Å². The maximum Gasteiger partial charge on any atom is 0.338 e. The summed E-state index contributed by atoms with van der Waals surface area (Å²) in [4.78, 5) is 24.9. The van der Waals surface area contributed by atoms with Crippen molar-refractivity contribution in [2.45, 2.75) is 33.7 Å². The summed E-state index contributed by atoms with van der Waals surface area (Å²) in [6.45, 7) is 7.99. The number of hydrogen-bond donors (Lipinski definition) is 2. The number of halogens is 1. The van der Waals surface area contributed by atoms with Gasteiger partial charge >= 0.3 is 12.0 Å². The number of hydrogen-bond acceptors (Lipinski definition) is 5. The van der Waals surface area contributed by atoms with E-state index in [1.54, 1.807) is 19.1 Å². The fourth-order valence-corrected chi connectivity index (χ4v) is 3.24. The normalized spacial score (nSPS) is 16.7. The Morgan fingerprint density at radius 1 is 1.26 bits per heavy atom. The third-order valence-electron chi connectivity index (χ3n) is 4.04. The Bertz CT molecular complexity index is 761. The van der Waals surface area contributed by atoms with E-state index in [0.717, 1.165) is 0 Å². The molecule has 0 aromatic heterocycles. The molecule has 1 aromatic carbocycles. The van der Waals surface area contributed by atoms with Crippen LogP contribution >= 0.6 is 11.6 Å². The Morgan fingerprint density at radius 3 is 2.52 bits per heavy atom. The smallest absolute Gasteiger partial charge is 0.338 e. The van der Waals surface area contributed by atoms with E-state index >= 15 is 0 Å². The van der Waals surface area contributed by atoms with Crippen molar-refractivity contribution >= 4 is 23.6 Å². The molecule has 0 saturated heterocycles. The van der Waals surface area contributed by atoms with Crippen LogP contribution in [0.1, 0.15) is 39.3 Å². The highest BCUT2D eigenvalue weighted by Gasteiger charge is 2.35. The van der Waals surface area contributed by atoms with Gasteiger partial charge < -0.3 is 24.8 Å². The molecule has 7 nitrogen and oxygen atoms in total. The molecule has 0 fully saturated rings. The monoisotopic (exact) mass is 396 g/mol. The first-order valence-electron chi connectivity index (χ1n) is 8.82. The number of urea groups is 1. The molecule has 1 aromatic rings. The van der Waals surface area contributed by atoms with Crippen LogP contribution in [0, 0.1) is 5.92 Å². The molecule has 1 atom stereocenters. The molecule has 2 rings (SSSR count). The second-order valence-electron chi connectivity index (χ2n) is 6.20. The number of allylic oxidation sites excluding steroid dienone is 1. The lowest BCUT2D eigenvalue weighted by molar-refractivity contribution is -0.139. The zero-order valence-electron chi connectivity index (χ0n) is 16.1. The van der Waals surface area contributed by atoms with E-state index in [0.29, 0.717) is 40.0 Å². The molecule has 1 heterocycles. The minimum absolute atomic E-state index is 0.0851. The van der Waals surface area contributed by atoms with Crippen LogP contribution < -0.4 is 20.1 Å². The first kappa shape index (κ1) is 20.9. The van der Waals surface area contributed by atoms with Gasteiger partial charge in [-0.05, 0) is 37.5 Å². The van der Waals surface area contributed by atoms with Gasteiger partial charge in [0.2, 0.25) is 0 Å². The third-order valence-corrected chi connectivity index (χ3v) is 4.33. The number of amides is 2. The van der Waals surface area contributed by atoms with E-state index in [2.05, 4.69) is 10.6 Å². The van der Waals surface area contributed by atoms with Crippen molar-refractivity contribution in [1.82, 2.24) is 10.6 Å². The highest BCUT2D eigenvalue weighted by atomic mass is 35.5. The molecule has 0 radical (unpaired) electrons. The Balaban J connectivity index is 2.64. The number of carbonyl (C=O) groups is 2. The van der Waals surface area contributed by atoms with Gasteiger partial charge in [0.25, 0.3) is 0 Å². The van der Waals surface area contributed by atoms with Gasteiger partial charge in [0.15, 0.2) is 11.5 Å². The quantitative estimate of drug-likeness (QED) is 0.688. The zero-order chi connectivity index (χ0) is 20.1. The molecule has 2 N–H and O–H groups in total. The molecule has 0 bridgehead atoms. The first-order valence-corrected chi connectivity index (χ1v) is 9.20. The highest BCUT2D eigenvalue weighted by Crippen LogP contribution is 2.40. The molecule has 27 heavy (non-hydrogen) atoms. The van der Waals surface area contributed by atoms with Crippen molar-refractivity contribution in [3.8, 4) is 11.5 Å². The summed E-state index contributed by atoms with van der Waals surface area (Å²) in [5, 5.41) is 5.82. The number of rotatable bonds is 7. The van der Waals surface area contributed by atoms with Gasteiger partial charge in [-0.3, -0.25) is 0 Å². The fourth-order valence-electron chi connectivity index (χ4n) is 2.94. The van der Waals surface area contributed by atoms with E-state index < -0.39 is 18.0 Å². The van der Waals surface area contributed by atoms with Crippen molar-refractivity contribution in [2.75, 3.05) is 20.3 Å². The van der Waals surface area contributed by atoms with Crippen LogP contribution in [0.2, 0.25) is 5.02 Å². The van der Waals surface area contributed by atoms with Crippen LogP contribution in [0.4, 0.5) is 4.79 Å². The Labute approximate surface area is 164 Å². The molecule has 0 saturated carbocycles. The first-order chi connectivity index (χ1) is 12.8. The summed E-state index contributed by atoms with van der Waals surface area (Å²) in [5.41, 5.74) is 1.46. The lowest BCUT2D eigenvalue weighted by Gasteiger charge is -2.31. The molecule has 148 valence electrons. The third kappa shape index (κ3) is 4.47. The number of methoxy groups -OCH3 is 1. The molecule has 2 amide bonds.